The zero-order chi connectivity index (χ0) is 10.6. The summed E-state index contributed by atoms with van der Waals surface area (Å²) in [6.07, 6.45) is 0. The smallest absolute Gasteiger partial charge is 0.330 e. The average Bonchev–Trinajstić information content (AvgIpc) is 2.14. The van der Waals surface area contributed by atoms with E-state index < -0.39 is 11.9 Å². The number of rotatable bonds is 1. The van der Waals surface area contributed by atoms with Crippen molar-refractivity contribution in [3.8, 4) is 0 Å². The predicted molar refractivity (Wildman–Crippen MR) is 51.6 cm³/mol. The van der Waals surface area contributed by atoms with Crippen molar-refractivity contribution in [2.24, 2.45) is 5.73 Å². The van der Waals surface area contributed by atoms with Crippen LogP contribution >= 0.6 is 11.6 Å². The fraction of sp³-hybridized carbons (Fsp3) is 0. The van der Waals surface area contributed by atoms with Crippen molar-refractivity contribution >= 4 is 23.5 Å². The van der Waals surface area contributed by atoms with E-state index in [1.165, 1.54) is 6.07 Å². The van der Waals surface area contributed by atoms with Gasteiger partial charge in [-0.1, -0.05) is 17.7 Å². The summed E-state index contributed by atoms with van der Waals surface area (Å²) in [6, 6.07) is 5.46. The van der Waals surface area contributed by atoms with Crippen LogP contribution in [0.1, 0.15) is 10.4 Å². The molecule has 0 saturated heterocycles. The number of carbonyl (C=O) groups excluding carboxylic acids is 2. The molecule has 3 amide bonds. The second kappa shape index (κ2) is 4.48. The minimum absolute atomic E-state index is 0.339. The van der Waals surface area contributed by atoms with Gasteiger partial charge in [-0.05, 0) is 18.2 Å². The van der Waals surface area contributed by atoms with Gasteiger partial charge in [0.05, 0.1) is 0 Å². The first-order valence-electron chi connectivity index (χ1n) is 3.71. The van der Waals surface area contributed by atoms with Gasteiger partial charge in [0.2, 0.25) is 0 Å². The van der Waals surface area contributed by atoms with Gasteiger partial charge in [0, 0.05) is 10.6 Å². The van der Waals surface area contributed by atoms with Crippen LogP contribution in [0.4, 0.5) is 4.79 Å². The van der Waals surface area contributed by atoms with Crippen LogP contribution in [0.3, 0.4) is 0 Å². The highest BCUT2D eigenvalue weighted by atomic mass is 35.5. The lowest BCUT2D eigenvalue weighted by atomic mass is 10.2. The maximum atomic E-state index is 11.3. The summed E-state index contributed by atoms with van der Waals surface area (Å²) in [5, 5.41) is 0.441. The van der Waals surface area contributed by atoms with Crippen molar-refractivity contribution in [3.63, 3.8) is 0 Å². The van der Waals surface area contributed by atoms with Gasteiger partial charge in [0.15, 0.2) is 0 Å². The fourth-order valence-corrected chi connectivity index (χ4v) is 1.01. The van der Waals surface area contributed by atoms with Crippen LogP contribution in [0.2, 0.25) is 5.02 Å². The summed E-state index contributed by atoms with van der Waals surface area (Å²) >= 11 is 5.66. The zero-order valence-electron chi connectivity index (χ0n) is 7.08. The minimum atomic E-state index is -0.833. The molecule has 0 unspecified atom stereocenters. The Kier molecular flexibility index (Phi) is 3.30. The lowest BCUT2D eigenvalue weighted by molar-refractivity contribution is 0.0937. The monoisotopic (exact) mass is 213 g/mol. The molecule has 1 aromatic rings. The molecule has 4 N–H and O–H groups in total. The van der Waals surface area contributed by atoms with Crippen molar-refractivity contribution < 1.29 is 9.59 Å². The molecular formula is C8H8ClN3O2. The maximum Gasteiger partial charge on any atom is 0.330 e. The van der Waals surface area contributed by atoms with Gasteiger partial charge in [-0.25, -0.2) is 10.2 Å². The molecule has 5 nitrogen and oxygen atoms in total. The van der Waals surface area contributed by atoms with Crippen molar-refractivity contribution in [1.82, 2.24) is 10.9 Å². The van der Waals surface area contributed by atoms with E-state index in [9.17, 15) is 9.59 Å². The Morgan fingerprint density at radius 1 is 1.29 bits per heavy atom. The van der Waals surface area contributed by atoms with E-state index in [4.69, 9.17) is 17.3 Å². The number of benzene rings is 1. The van der Waals surface area contributed by atoms with E-state index in [1.54, 1.807) is 18.2 Å². The minimum Gasteiger partial charge on any atom is -0.350 e. The summed E-state index contributed by atoms with van der Waals surface area (Å²) in [6.45, 7) is 0. The van der Waals surface area contributed by atoms with E-state index in [-0.39, 0.29) is 0 Å². The molecule has 0 aliphatic heterocycles. The Balaban J connectivity index is 2.65. The van der Waals surface area contributed by atoms with Crippen LogP contribution in [-0.4, -0.2) is 11.9 Å². The molecule has 0 aliphatic carbocycles. The summed E-state index contributed by atoms with van der Waals surface area (Å²) in [7, 11) is 0. The van der Waals surface area contributed by atoms with Crippen molar-refractivity contribution in [2.75, 3.05) is 0 Å². The second-order valence-electron chi connectivity index (χ2n) is 2.45. The number of nitrogens with two attached hydrogens (primary N) is 1. The lowest BCUT2D eigenvalue weighted by Crippen LogP contribution is -2.44. The van der Waals surface area contributed by atoms with E-state index in [2.05, 4.69) is 5.43 Å². The second-order valence-corrected chi connectivity index (χ2v) is 2.89. The third-order valence-electron chi connectivity index (χ3n) is 1.39. The zero-order valence-corrected chi connectivity index (χ0v) is 7.84. The Morgan fingerprint density at radius 2 is 2.00 bits per heavy atom. The number of nitrogens with one attached hydrogen (secondary N) is 2. The first-order valence-corrected chi connectivity index (χ1v) is 4.09. The standard InChI is InChI=1S/C8H8ClN3O2/c9-6-3-1-2-5(4-6)7(13)11-12-8(10)14/h1-4H,(H,11,13)(H3,10,12,14). The topological polar surface area (TPSA) is 84.2 Å². The summed E-state index contributed by atoms with van der Waals surface area (Å²) in [5.41, 5.74) is 9.16. The number of amides is 3. The van der Waals surface area contributed by atoms with Crippen LogP contribution < -0.4 is 16.6 Å². The Bertz CT molecular complexity index is 367. The van der Waals surface area contributed by atoms with Gasteiger partial charge < -0.3 is 5.73 Å². The summed E-state index contributed by atoms with van der Waals surface area (Å²) < 4.78 is 0. The summed E-state index contributed by atoms with van der Waals surface area (Å²) in [4.78, 5) is 21.5. The third kappa shape index (κ3) is 2.95. The lowest BCUT2D eigenvalue weighted by Gasteiger charge is -2.04. The van der Waals surface area contributed by atoms with E-state index in [1.807, 2.05) is 5.43 Å². The highest BCUT2D eigenvalue weighted by molar-refractivity contribution is 6.30. The number of hydrogen-bond donors (Lipinski definition) is 3. The van der Waals surface area contributed by atoms with Crippen LogP contribution in [0.5, 0.6) is 0 Å². The Labute approximate surface area is 85.2 Å². The molecule has 74 valence electrons. The molecular weight excluding hydrogens is 206 g/mol. The number of primary amides is 1. The van der Waals surface area contributed by atoms with E-state index in [0.717, 1.165) is 0 Å². The normalized spacial score (nSPS) is 9.21. The maximum absolute atomic E-state index is 11.3. The van der Waals surface area contributed by atoms with Gasteiger partial charge >= 0.3 is 6.03 Å². The molecule has 0 bridgehead atoms. The van der Waals surface area contributed by atoms with Crippen molar-refractivity contribution in [2.45, 2.75) is 0 Å². The molecule has 1 rings (SSSR count). The quantitative estimate of drug-likeness (QED) is 0.599. The Morgan fingerprint density at radius 3 is 2.57 bits per heavy atom. The molecule has 0 saturated carbocycles. The number of hydrazine groups is 1. The molecule has 0 aliphatic rings. The average molecular weight is 214 g/mol. The molecule has 0 atom stereocenters. The predicted octanol–water partition coefficient (Wildman–Crippen LogP) is 0.653. The van der Waals surface area contributed by atoms with Crippen LogP contribution in [0.25, 0.3) is 0 Å². The molecule has 0 fully saturated rings. The highest BCUT2D eigenvalue weighted by Crippen LogP contribution is 2.09. The molecule has 6 heteroatoms. The SMILES string of the molecule is NC(=O)NNC(=O)c1cccc(Cl)c1. The number of urea groups is 1. The fourth-order valence-electron chi connectivity index (χ4n) is 0.820. The van der Waals surface area contributed by atoms with Crippen LogP contribution in [0.15, 0.2) is 24.3 Å². The number of hydrogen-bond acceptors (Lipinski definition) is 2. The van der Waals surface area contributed by atoms with Gasteiger partial charge in [-0.3, -0.25) is 10.2 Å². The molecule has 1 aromatic carbocycles. The number of halogens is 1. The third-order valence-corrected chi connectivity index (χ3v) is 1.62. The largest absolute Gasteiger partial charge is 0.350 e. The Hall–Kier alpha value is -1.75. The van der Waals surface area contributed by atoms with Gasteiger partial charge in [0.1, 0.15) is 0 Å². The molecule has 0 radical (unpaired) electrons. The highest BCUT2D eigenvalue weighted by Gasteiger charge is 2.05. The van der Waals surface area contributed by atoms with Gasteiger partial charge in [-0.15, -0.1) is 0 Å². The van der Waals surface area contributed by atoms with E-state index >= 15 is 0 Å². The first-order chi connectivity index (χ1) is 6.59. The van der Waals surface area contributed by atoms with Crippen molar-refractivity contribution in [1.29, 1.82) is 0 Å². The van der Waals surface area contributed by atoms with Gasteiger partial charge in [0.25, 0.3) is 5.91 Å². The summed E-state index contributed by atoms with van der Waals surface area (Å²) in [5.74, 6) is -0.480. The van der Waals surface area contributed by atoms with Crippen LogP contribution in [0, 0.1) is 0 Å². The molecule has 0 spiro atoms. The number of carbonyl (C=O) groups is 2. The first kappa shape index (κ1) is 10.3. The molecule has 0 aromatic heterocycles. The van der Waals surface area contributed by atoms with Gasteiger partial charge in [-0.2, -0.15) is 0 Å². The molecule has 14 heavy (non-hydrogen) atoms. The van der Waals surface area contributed by atoms with E-state index in [0.29, 0.717) is 10.6 Å². The van der Waals surface area contributed by atoms with Crippen LogP contribution in [-0.2, 0) is 0 Å². The van der Waals surface area contributed by atoms with Crippen molar-refractivity contribution in [3.05, 3.63) is 34.9 Å². The molecule has 0 heterocycles.